The molecule has 0 saturated carbocycles. The molecule has 0 amide bonds. The van der Waals surface area contributed by atoms with Crippen molar-refractivity contribution >= 4 is 27.6 Å². The standard InChI is InChI=1S/C27H18N4O/c28-19-14-15-22-21(16-19)24-20(12-7-13-23(24)32-22)27-30-25(17-8-3-1-4-9-17)29-26(31-27)18-10-5-2-6-11-18/h1-16H,28H2. The Kier molecular flexibility index (Phi) is 4.18. The Morgan fingerprint density at radius 3 is 1.84 bits per heavy atom. The third kappa shape index (κ3) is 3.08. The van der Waals surface area contributed by atoms with Crippen molar-refractivity contribution in [1.29, 1.82) is 0 Å². The van der Waals surface area contributed by atoms with Crippen LogP contribution in [0.4, 0.5) is 5.69 Å². The molecule has 5 nitrogen and oxygen atoms in total. The highest BCUT2D eigenvalue weighted by molar-refractivity contribution is 6.12. The normalized spacial score (nSPS) is 11.2. The van der Waals surface area contributed by atoms with Gasteiger partial charge in [0.05, 0.1) is 0 Å². The average molecular weight is 414 g/mol. The Morgan fingerprint density at radius 1 is 0.562 bits per heavy atom. The quantitative estimate of drug-likeness (QED) is 0.341. The zero-order chi connectivity index (χ0) is 21.5. The van der Waals surface area contributed by atoms with Crippen molar-refractivity contribution in [3.05, 3.63) is 97.1 Å². The van der Waals surface area contributed by atoms with Crippen molar-refractivity contribution in [2.24, 2.45) is 0 Å². The van der Waals surface area contributed by atoms with Gasteiger partial charge in [0, 0.05) is 33.2 Å². The summed E-state index contributed by atoms with van der Waals surface area (Å²) in [5.41, 5.74) is 11.1. The Balaban J connectivity index is 1.66. The van der Waals surface area contributed by atoms with Crippen LogP contribution in [0.2, 0.25) is 0 Å². The highest BCUT2D eigenvalue weighted by Crippen LogP contribution is 2.37. The molecule has 2 N–H and O–H groups in total. The zero-order valence-corrected chi connectivity index (χ0v) is 17.1. The number of nitrogens with zero attached hydrogens (tertiary/aromatic N) is 3. The van der Waals surface area contributed by atoms with Gasteiger partial charge >= 0.3 is 0 Å². The lowest BCUT2D eigenvalue weighted by Crippen LogP contribution is -2.00. The number of anilines is 1. The fourth-order valence-corrected chi connectivity index (χ4v) is 3.96. The molecule has 2 aromatic heterocycles. The third-order valence-corrected chi connectivity index (χ3v) is 5.46. The minimum atomic E-state index is 0.591. The first-order chi connectivity index (χ1) is 15.8. The summed E-state index contributed by atoms with van der Waals surface area (Å²) < 4.78 is 6.07. The molecule has 4 aromatic carbocycles. The number of furan rings is 1. The number of benzene rings is 4. The van der Waals surface area contributed by atoms with Gasteiger partial charge < -0.3 is 10.2 Å². The van der Waals surface area contributed by atoms with Gasteiger partial charge in [-0.15, -0.1) is 0 Å². The molecule has 0 radical (unpaired) electrons. The molecule has 0 spiro atoms. The van der Waals surface area contributed by atoms with Crippen molar-refractivity contribution in [2.75, 3.05) is 5.73 Å². The van der Waals surface area contributed by atoms with E-state index in [4.69, 9.17) is 25.1 Å². The van der Waals surface area contributed by atoms with E-state index < -0.39 is 0 Å². The number of fused-ring (bicyclic) bond motifs is 3. The highest BCUT2D eigenvalue weighted by atomic mass is 16.3. The highest BCUT2D eigenvalue weighted by Gasteiger charge is 2.17. The minimum Gasteiger partial charge on any atom is -0.456 e. The smallest absolute Gasteiger partial charge is 0.164 e. The van der Waals surface area contributed by atoms with Crippen molar-refractivity contribution < 1.29 is 4.42 Å². The van der Waals surface area contributed by atoms with Crippen molar-refractivity contribution in [3.63, 3.8) is 0 Å². The van der Waals surface area contributed by atoms with Crippen molar-refractivity contribution in [3.8, 4) is 34.2 Å². The lowest BCUT2D eigenvalue weighted by atomic mass is 10.0. The zero-order valence-electron chi connectivity index (χ0n) is 17.1. The van der Waals surface area contributed by atoms with Crippen LogP contribution in [-0.4, -0.2) is 15.0 Å². The van der Waals surface area contributed by atoms with Crippen LogP contribution in [-0.2, 0) is 0 Å². The Morgan fingerprint density at radius 2 is 1.19 bits per heavy atom. The van der Waals surface area contributed by atoms with Gasteiger partial charge in [0.25, 0.3) is 0 Å². The second-order valence-electron chi connectivity index (χ2n) is 7.57. The van der Waals surface area contributed by atoms with Gasteiger partial charge in [-0.3, -0.25) is 0 Å². The topological polar surface area (TPSA) is 77.8 Å². The van der Waals surface area contributed by atoms with Gasteiger partial charge in [-0.2, -0.15) is 0 Å². The van der Waals surface area contributed by atoms with Gasteiger partial charge in [-0.1, -0.05) is 72.8 Å². The summed E-state index contributed by atoms with van der Waals surface area (Å²) >= 11 is 0. The third-order valence-electron chi connectivity index (χ3n) is 5.46. The Labute approximate surface area is 184 Å². The van der Waals surface area contributed by atoms with Crippen LogP contribution in [0.15, 0.2) is 101 Å². The van der Waals surface area contributed by atoms with Crippen molar-refractivity contribution in [1.82, 2.24) is 15.0 Å². The van der Waals surface area contributed by atoms with Crippen LogP contribution in [0.5, 0.6) is 0 Å². The molecule has 0 saturated heterocycles. The molecule has 6 aromatic rings. The van der Waals surface area contributed by atoms with E-state index in [-0.39, 0.29) is 0 Å². The van der Waals surface area contributed by atoms with E-state index in [1.165, 1.54) is 0 Å². The van der Waals surface area contributed by atoms with Gasteiger partial charge in [-0.25, -0.2) is 15.0 Å². The van der Waals surface area contributed by atoms with Crippen LogP contribution in [0.1, 0.15) is 0 Å². The maximum absolute atomic E-state index is 6.08. The molecular weight excluding hydrogens is 396 g/mol. The predicted molar refractivity (Wildman–Crippen MR) is 128 cm³/mol. The molecule has 2 heterocycles. The molecule has 5 heteroatoms. The van der Waals surface area contributed by atoms with E-state index in [1.807, 2.05) is 97.1 Å². The van der Waals surface area contributed by atoms with E-state index in [9.17, 15) is 0 Å². The van der Waals surface area contributed by atoms with E-state index >= 15 is 0 Å². The molecule has 6 rings (SSSR count). The number of hydrogen-bond acceptors (Lipinski definition) is 5. The summed E-state index contributed by atoms with van der Waals surface area (Å²) in [5, 5.41) is 1.89. The molecule has 152 valence electrons. The van der Waals surface area contributed by atoms with Gasteiger partial charge in [0.2, 0.25) is 0 Å². The first kappa shape index (κ1) is 18.3. The van der Waals surface area contributed by atoms with Crippen LogP contribution in [0.3, 0.4) is 0 Å². The van der Waals surface area contributed by atoms with E-state index in [0.29, 0.717) is 23.2 Å². The van der Waals surface area contributed by atoms with Crippen LogP contribution in [0, 0.1) is 0 Å². The summed E-state index contributed by atoms with van der Waals surface area (Å²) in [6, 6.07) is 31.5. The van der Waals surface area contributed by atoms with Gasteiger partial charge in [-0.05, 0) is 24.3 Å². The average Bonchev–Trinajstić information content (AvgIpc) is 3.23. The van der Waals surface area contributed by atoms with E-state index in [1.54, 1.807) is 0 Å². The molecule has 0 atom stereocenters. The van der Waals surface area contributed by atoms with Gasteiger partial charge in [0.15, 0.2) is 17.5 Å². The van der Waals surface area contributed by atoms with Crippen LogP contribution >= 0.6 is 0 Å². The molecule has 0 bridgehead atoms. The predicted octanol–water partition coefficient (Wildman–Crippen LogP) is 6.35. The SMILES string of the molecule is Nc1ccc2oc3cccc(-c4nc(-c5ccccc5)nc(-c5ccccc5)n4)c3c2c1. The maximum Gasteiger partial charge on any atom is 0.164 e. The summed E-state index contributed by atoms with van der Waals surface area (Å²) in [4.78, 5) is 14.5. The molecule has 0 fully saturated rings. The van der Waals surface area contributed by atoms with Crippen LogP contribution in [0.25, 0.3) is 56.1 Å². The number of hydrogen-bond donors (Lipinski definition) is 1. The lowest BCUT2D eigenvalue weighted by Gasteiger charge is -2.09. The molecule has 0 aliphatic carbocycles. The van der Waals surface area contributed by atoms with E-state index in [2.05, 4.69) is 0 Å². The number of rotatable bonds is 3. The number of nitrogens with two attached hydrogens (primary N) is 1. The Hall–Kier alpha value is -4.51. The Bertz CT molecular complexity index is 1520. The molecular formula is C27H18N4O. The summed E-state index contributed by atoms with van der Waals surface area (Å²) in [5.74, 6) is 1.84. The van der Waals surface area contributed by atoms with E-state index in [0.717, 1.165) is 38.6 Å². The lowest BCUT2D eigenvalue weighted by molar-refractivity contribution is 0.669. The molecule has 0 aliphatic rings. The summed E-state index contributed by atoms with van der Waals surface area (Å²) in [6.45, 7) is 0. The first-order valence-electron chi connectivity index (χ1n) is 10.3. The van der Waals surface area contributed by atoms with Crippen LogP contribution < -0.4 is 5.73 Å². The summed E-state index contributed by atoms with van der Waals surface area (Å²) in [6.07, 6.45) is 0. The van der Waals surface area contributed by atoms with Gasteiger partial charge in [0.1, 0.15) is 11.2 Å². The fourth-order valence-electron chi connectivity index (χ4n) is 3.96. The second-order valence-corrected chi connectivity index (χ2v) is 7.57. The largest absolute Gasteiger partial charge is 0.456 e. The minimum absolute atomic E-state index is 0.591. The molecule has 0 aliphatic heterocycles. The maximum atomic E-state index is 6.08. The number of nitrogen functional groups attached to an aromatic ring is 1. The monoisotopic (exact) mass is 414 g/mol. The number of aromatic nitrogens is 3. The fraction of sp³-hybridized carbons (Fsp3) is 0. The summed E-state index contributed by atoms with van der Waals surface area (Å²) in [7, 11) is 0. The second kappa shape index (κ2) is 7.32. The molecule has 32 heavy (non-hydrogen) atoms. The van der Waals surface area contributed by atoms with Crippen molar-refractivity contribution in [2.45, 2.75) is 0 Å². The molecule has 0 unspecified atom stereocenters. The first-order valence-corrected chi connectivity index (χ1v) is 10.3.